The van der Waals surface area contributed by atoms with Gasteiger partial charge in [-0.1, -0.05) is 0 Å². The van der Waals surface area contributed by atoms with Gasteiger partial charge in [0.2, 0.25) is 0 Å². The average molecular weight is 325 g/mol. The Morgan fingerprint density at radius 2 is 2.05 bits per heavy atom. The first-order valence-electron chi connectivity index (χ1n) is 7.40. The van der Waals surface area contributed by atoms with E-state index >= 15 is 0 Å². The van der Waals surface area contributed by atoms with Gasteiger partial charge in [-0.05, 0) is 56.1 Å². The minimum atomic E-state index is -0.230. The fourth-order valence-electron chi connectivity index (χ4n) is 2.93. The molecular formula is C16H22ClFN4. The second-order valence-corrected chi connectivity index (χ2v) is 5.85. The molecule has 6 heteroatoms. The van der Waals surface area contributed by atoms with Crippen molar-refractivity contribution in [2.75, 3.05) is 13.1 Å². The summed E-state index contributed by atoms with van der Waals surface area (Å²) in [7, 11) is 0. The Kier molecular flexibility index (Phi) is 5.56. The van der Waals surface area contributed by atoms with Crippen molar-refractivity contribution in [2.24, 2.45) is 11.7 Å². The van der Waals surface area contributed by atoms with Crippen LogP contribution in [0, 0.1) is 11.7 Å². The molecule has 2 atom stereocenters. The lowest BCUT2D eigenvalue weighted by atomic mass is 10.0. The lowest BCUT2D eigenvalue weighted by Crippen LogP contribution is -2.29. The van der Waals surface area contributed by atoms with Crippen molar-refractivity contribution in [1.29, 1.82) is 0 Å². The van der Waals surface area contributed by atoms with E-state index in [-0.39, 0.29) is 24.3 Å². The van der Waals surface area contributed by atoms with Gasteiger partial charge >= 0.3 is 0 Å². The zero-order valence-electron chi connectivity index (χ0n) is 12.7. The van der Waals surface area contributed by atoms with Gasteiger partial charge in [-0.15, -0.1) is 12.4 Å². The molecule has 1 aromatic carbocycles. The molecule has 1 saturated heterocycles. The third kappa shape index (κ3) is 3.66. The van der Waals surface area contributed by atoms with Gasteiger partial charge in [0.05, 0.1) is 11.4 Å². The summed E-state index contributed by atoms with van der Waals surface area (Å²) in [6.45, 7) is 5.03. The molecule has 4 nitrogen and oxygen atoms in total. The molecule has 120 valence electrons. The number of nitrogens with zero attached hydrogens (tertiary/aromatic N) is 3. The first-order valence-corrected chi connectivity index (χ1v) is 7.40. The number of likely N-dealkylation sites (tertiary alicyclic amines) is 1. The van der Waals surface area contributed by atoms with Crippen molar-refractivity contribution < 1.29 is 4.39 Å². The molecular weight excluding hydrogens is 303 g/mol. The Bertz CT molecular complexity index is 596. The van der Waals surface area contributed by atoms with E-state index in [0.29, 0.717) is 5.92 Å². The Balaban J connectivity index is 0.00000176. The van der Waals surface area contributed by atoms with Crippen LogP contribution in [0.1, 0.15) is 19.0 Å². The summed E-state index contributed by atoms with van der Waals surface area (Å²) >= 11 is 0. The van der Waals surface area contributed by atoms with E-state index in [1.54, 1.807) is 18.3 Å². The van der Waals surface area contributed by atoms with Crippen LogP contribution in [0.25, 0.3) is 5.69 Å². The van der Waals surface area contributed by atoms with Gasteiger partial charge in [-0.25, -0.2) is 9.07 Å². The molecule has 1 aliphatic heterocycles. The van der Waals surface area contributed by atoms with E-state index in [0.717, 1.165) is 37.4 Å². The van der Waals surface area contributed by atoms with Gasteiger partial charge in [0.25, 0.3) is 0 Å². The number of aromatic nitrogens is 2. The SMILES string of the molecule is CC(N)C1CCN(Cc2ccnn2-c2ccc(F)cc2)C1.Cl. The maximum absolute atomic E-state index is 13.0. The van der Waals surface area contributed by atoms with Crippen molar-refractivity contribution in [3.05, 3.63) is 48.0 Å². The molecule has 1 fully saturated rings. The smallest absolute Gasteiger partial charge is 0.123 e. The van der Waals surface area contributed by atoms with Gasteiger partial charge in [-0.3, -0.25) is 4.90 Å². The zero-order chi connectivity index (χ0) is 14.8. The van der Waals surface area contributed by atoms with Crippen LogP contribution >= 0.6 is 12.4 Å². The molecule has 0 radical (unpaired) electrons. The van der Waals surface area contributed by atoms with E-state index in [1.807, 2.05) is 10.7 Å². The zero-order valence-corrected chi connectivity index (χ0v) is 13.5. The Hall–Kier alpha value is -1.43. The Morgan fingerprint density at radius 3 is 2.68 bits per heavy atom. The van der Waals surface area contributed by atoms with Crippen LogP contribution in [-0.4, -0.2) is 33.8 Å². The first kappa shape index (κ1) is 16.9. The standard InChI is InChI=1S/C16H21FN4.ClH/c1-12(18)13-7-9-20(10-13)11-16-6-8-19-21(16)15-4-2-14(17)3-5-15;/h2-6,8,12-13H,7,9-11,18H2,1H3;1H. The third-order valence-corrected chi connectivity index (χ3v) is 4.23. The van der Waals surface area contributed by atoms with Crippen LogP contribution in [0.4, 0.5) is 4.39 Å². The minimum Gasteiger partial charge on any atom is -0.328 e. The highest BCUT2D eigenvalue weighted by molar-refractivity contribution is 5.85. The summed E-state index contributed by atoms with van der Waals surface area (Å²) in [6.07, 6.45) is 2.94. The van der Waals surface area contributed by atoms with Crippen molar-refractivity contribution in [3.8, 4) is 5.69 Å². The van der Waals surface area contributed by atoms with Gasteiger partial charge in [0, 0.05) is 25.3 Å². The molecule has 0 spiro atoms. The molecule has 22 heavy (non-hydrogen) atoms. The highest BCUT2D eigenvalue weighted by Crippen LogP contribution is 2.21. The number of nitrogens with two attached hydrogens (primary N) is 1. The second-order valence-electron chi connectivity index (χ2n) is 5.85. The van der Waals surface area contributed by atoms with Crippen molar-refractivity contribution in [3.63, 3.8) is 0 Å². The topological polar surface area (TPSA) is 47.1 Å². The average Bonchev–Trinajstić information content (AvgIpc) is 3.10. The lowest BCUT2D eigenvalue weighted by molar-refractivity contribution is 0.302. The molecule has 1 aromatic heterocycles. The summed E-state index contributed by atoms with van der Waals surface area (Å²) in [5.74, 6) is 0.346. The fourth-order valence-corrected chi connectivity index (χ4v) is 2.93. The van der Waals surface area contributed by atoms with Gasteiger partial charge in [0.15, 0.2) is 0 Å². The first-order chi connectivity index (χ1) is 10.1. The summed E-state index contributed by atoms with van der Waals surface area (Å²) in [5, 5.41) is 4.36. The number of halogens is 2. The summed E-state index contributed by atoms with van der Waals surface area (Å²) in [4.78, 5) is 2.41. The van der Waals surface area contributed by atoms with E-state index in [2.05, 4.69) is 16.9 Å². The van der Waals surface area contributed by atoms with Crippen molar-refractivity contribution >= 4 is 12.4 Å². The predicted molar refractivity (Wildman–Crippen MR) is 87.8 cm³/mol. The van der Waals surface area contributed by atoms with Crippen molar-refractivity contribution in [1.82, 2.24) is 14.7 Å². The molecule has 0 saturated carbocycles. The van der Waals surface area contributed by atoms with Crippen LogP contribution < -0.4 is 5.73 Å². The molecule has 0 aliphatic carbocycles. The van der Waals surface area contributed by atoms with Crippen LogP contribution in [0.5, 0.6) is 0 Å². The number of rotatable bonds is 4. The highest BCUT2D eigenvalue weighted by Gasteiger charge is 2.25. The number of hydrogen-bond donors (Lipinski definition) is 1. The van der Waals surface area contributed by atoms with Crippen LogP contribution in [0.3, 0.4) is 0 Å². The normalized spacial score (nSPS) is 19.9. The summed E-state index contributed by atoms with van der Waals surface area (Å²) < 4.78 is 14.9. The molecule has 2 aromatic rings. The van der Waals surface area contributed by atoms with E-state index < -0.39 is 0 Å². The minimum absolute atomic E-state index is 0. The lowest BCUT2D eigenvalue weighted by Gasteiger charge is -2.18. The van der Waals surface area contributed by atoms with E-state index in [9.17, 15) is 4.39 Å². The maximum Gasteiger partial charge on any atom is 0.123 e. The molecule has 1 aliphatic rings. The summed E-state index contributed by atoms with van der Waals surface area (Å²) in [6, 6.07) is 8.69. The van der Waals surface area contributed by atoms with Crippen LogP contribution in [-0.2, 0) is 6.54 Å². The molecule has 2 N–H and O–H groups in total. The number of benzene rings is 1. The van der Waals surface area contributed by atoms with E-state index in [4.69, 9.17) is 5.73 Å². The van der Waals surface area contributed by atoms with Gasteiger partial charge in [0.1, 0.15) is 5.82 Å². The highest BCUT2D eigenvalue weighted by atomic mass is 35.5. The predicted octanol–water partition coefficient (Wildman–Crippen LogP) is 2.60. The maximum atomic E-state index is 13.0. The van der Waals surface area contributed by atoms with Gasteiger partial charge in [-0.2, -0.15) is 5.10 Å². The van der Waals surface area contributed by atoms with Gasteiger partial charge < -0.3 is 5.73 Å². The monoisotopic (exact) mass is 324 g/mol. The third-order valence-electron chi connectivity index (χ3n) is 4.23. The molecule has 0 amide bonds. The second kappa shape index (κ2) is 7.22. The van der Waals surface area contributed by atoms with Crippen LogP contribution in [0.2, 0.25) is 0 Å². The molecule has 2 heterocycles. The molecule has 3 rings (SSSR count). The van der Waals surface area contributed by atoms with Crippen molar-refractivity contribution in [2.45, 2.75) is 25.9 Å². The fraction of sp³-hybridized carbons (Fsp3) is 0.438. The molecule has 2 unspecified atom stereocenters. The summed E-state index contributed by atoms with van der Waals surface area (Å²) in [5.41, 5.74) is 7.99. The molecule has 0 bridgehead atoms. The quantitative estimate of drug-likeness (QED) is 0.940. The van der Waals surface area contributed by atoms with E-state index in [1.165, 1.54) is 12.1 Å². The Morgan fingerprint density at radius 1 is 1.32 bits per heavy atom. The van der Waals surface area contributed by atoms with Crippen LogP contribution in [0.15, 0.2) is 36.5 Å². The number of hydrogen-bond acceptors (Lipinski definition) is 3. The Labute approximate surface area is 136 Å². The largest absolute Gasteiger partial charge is 0.328 e.